The summed E-state index contributed by atoms with van der Waals surface area (Å²) >= 11 is 3.99. The average Bonchev–Trinajstić information content (AvgIpc) is 3.23. The number of aliphatic carboxylic acids is 1. The highest BCUT2D eigenvalue weighted by Crippen LogP contribution is 2.19. The number of carbonyl (C=O) groups excluding carboxylic acids is 5. The van der Waals surface area contributed by atoms with E-state index in [-0.39, 0.29) is 12.2 Å². The van der Waals surface area contributed by atoms with E-state index in [9.17, 15) is 33.9 Å². The lowest BCUT2D eigenvalue weighted by molar-refractivity contribution is -0.142. The molecule has 2 rings (SSSR count). The van der Waals surface area contributed by atoms with Crippen molar-refractivity contribution in [3.63, 3.8) is 0 Å². The Bertz CT molecular complexity index is 1190. The number of carbonyl (C=O) groups is 6. The topological polar surface area (TPSA) is 253 Å². The molecule has 0 aliphatic carbocycles. The number of rotatable bonds is 14. The molecule has 15 heteroatoms. The van der Waals surface area contributed by atoms with Gasteiger partial charge in [-0.15, -0.1) is 0 Å². The Morgan fingerprint density at radius 3 is 2.03 bits per heavy atom. The molecular weight excluding hydrogens is 506 g/mol. The molecule has 200 valence electrons. The fourth-order valence-corrected chi connectivity index (χ4v) is 3.71. The number of hydrogen-bond acceptors (Lipinski definition) is 8. The van der Waals surface area contributed by atoms with Gasteiger partial charge in [-0.3, -0.25) is 24.0 Å². The molecule has 0 saturated heterocycles. The van der Waals surface area contributed by atoms with Gasteiger partial charge in [0.05, 0.1) is 18.9 Å². The first-order valence-electron chi connectivity index (χ1n) is 11.0. The van der Waals surface area contributed by atoms with E-state index in [4.69, 9.17) is 17.2 Å². The summed E-state index contributed by atoms with van der Waals surface area (Å²) in [4.78, 5) is 75.2. The number of hydrogen-bond donors (Lipinski definition) is 9. The predicted octanol–water partition coefficient (Wildman–Crippen LogP) is -2.74. The van der Waals surface area contributed by atoms with E-state index in [1.807, 2.05) is 12.1 Å². The van der Waals surface area contributed by atoms with Crippen molar-refractivity contribution in [2.75, 3.05) is 5.75 Å². The molecule has 5 amide bonds. The van der Waals surface area contributed by atoms with Crippen molar-refractivity contribution in [1.29, 1.82) is 0 Å². The van der Waals surface area contributed by atoms with Gasteiger partial charge in [-0.05, 0) is 11.6 Å². The van der Waals surface area contributed by atoms with Crippen LogP contribution in [0.25, 0.3) is 10.9 Å². The predicted molar refractivity (Wildman–Crippen MR) is 135 cm³/mol. The number of aromatic nitrogens is 1. The summed E-state index contributed by atoms with van der Waals surface area (Å²) in [6.45, 7) is 0. The van der Waals surface area contributed by atoms with Gasteiger partial charge < -0.3 is 43.2 Å². The number of thiol groups is 1. The van der Waals surface area contributed by atoms with Crippen LogP contribution in [0.15, 0.2) is 30.5 Å². The summed E-state index contributed by atoms with van der Waals surface area (Å²) < 4.78 is 0. The number of para-hydroxylation sites is 1. The van der Waals surface area contributed by atoms with Gasteiger partial charge in [0.15, 0.2) is 0 Å². The Balaban J connectivity index is 2.13. The summed E-state index contributed by atoms with van der Waals surface area (Å²) in [5, 5.41) is 17.3. The Morgan fingerprint density at radius 2 is 1.43 bits per heavy atom. The highest BCUT2D eigenvalue weighted by atomic mass is 32.1. The lowest BCUT2D eigenvalue weighted by Crippen LogP contribution is -2.58. The first-order chi connectivity index (χ1) is 17.4. The molecule has 1 aromatic carbocycles. The second-order valence-corrected chi connectivity index (χ2v) is 8.58. The van der Waals surface area contributed by atoms with Gasteiger partial charge in [-0.25, -0.2) is 4.79 Å². The van der Waals surface area contributed by atoms with Crippen LogP contribution in [0, 0.1) is 0 Å². The zero-order valence-corrected chi connectivity index (χ0v) is 20.5. The van der Waals surface area contributed by atoms with Crippen molar-refractivity contribution in [2.24, 2.45) is 17.2 Å². The molecule has 4 atom stereocenters. The standard InChI is InChI=1S/C22H29N7O7S/c23-12(6-17(24)30)19(32)29-16(9-37)21(34)27-14(7-18(25)31)20(33)28-15(22(35)36)5-10-8-26-13-4-2-1-3-11(10)13/h1-4,8,12,14-16,26,37H,5-7,9,23H2,(H2,24,30)(H2,25,31)(H,27,34)(H,28,33)(H,29,32)(H,35,36). The van der Waals surface area contributed by atoms with Crippen molar-refractivity contribution in [2.45, 2.75) is 43.4 Å². The third kappa shape index (κ3) is 8.50. The first-order valence-corrected chi connectivity index (χ1v) is 11.7. The van der Waals surface area contributed by atoms with E-state index in [1.54, 1.807) is 18.3 Å². The van der Waals surface area contributed by atoms with Gasteiger partial charge in [0.2, 0.25) is 29.5 Å². The molecule has 4 unspecified atom stereocenters. The molecule has 2 aromatic rings. The van der Waals surface area contributed by atoms with Crippen LogP contribution in [0.4, 0.5) is 0 Å². The molecule has 14 nitrogen and oxygen atoms in total. The second kappa shape index (κ2) is 13.3. The Labute approximate surface area is 216 Å². The number of benzene rings is 1. The largest absolute Gasteiger partial charge is 0.480 e. The van der Waals surface area contributed by atoms with E-state index >= 15 is 0 Å². The second-order valence-electron chi connectivity index (χ2n) is 8.22. The van der Waals surface area contributed by atoms with Gasteiger partial charge in [-0.1, -0.05) is 18.2 Å². The van der Waals surface area contributed by atoms with Crippen LogP contribution < -0.4 is 33.2 Å². The summed E-state index contributed by atoms with van der Waals surface area (Å²) in [5.41, 5.74) is 17.2. The molecule has 0 bridgehead atoms. The molecule has 37 heavy (non-hydrogen) atoms. The molecule has 1 aromatic heterocycles. The third-order valence-corrected chi connectivity index (χ3v) is 5.69. The first kappa shape index (κ1) is 29.1. The number of carboxylic acid groups (broad SMARTS) is 1. The molecule has 0 radical (unpaired) electrons. The number of amides is 5. The molecule has 11 N–H and O–H groups in total. The molecule has 0 saturated carbocycles. The van der Waals surface area contributed by atoms with Crippen LogP contribution in [0.1, 0.15) is 18.4 Å². The van der Waals surface area contributed by atoms with Crippen molar-refractivity contribution in [3.8, 4) is 0 Å². The van der Waals surface area contributed by atoms with Crippen molar-refractivity contribution < 1.29 is 33.9 Å². The summed E-state index contributed by atoms with van der Waals surface area (Å²) in [5.74, 6) is -6.11. The number of aromatic amines is 1. The van der Waals surface area contributed by atoms with E-state index < -0.39 is 72.5 Å². The van der Waals surface area contributed by atoms with Crippen LogP contribution in [0.2, 0.25) is 0 Å². The smallest absolute Gasteiger partial charge is 0.326 e. The lowest BCUT2D eigenvalue weighted by Gasteiger charge is -2.24. The SMILES string of the molecule is NC(=O)CC(N)C(=O)NC(CS)C(=O)NC(CC(N)=O)C(=O)NC(Cc1c[nH]c2ccccc12)C(=O)O. The van der Waals surface area contributed by atoms with Crippen LogP contribution in [0.3, 0.4) is 0 Å². The number of primary amides is 2. The van der Waals surface area contributed by atoms with Crippen LogP contribution >= 0.6 is 12.6 Å². The summed E-state index contributed by atoms with van der Waals surface area (Å²) in [7, 11) is 0. The van der Waals surface area contributed by atoms with E-state index in [2.05, 4.69) is 33.6 Å². The zero-order valence-electron chi connectivity index (χ0n) is 19.6. The van der Waals surface area contributed by atoms with Gasteiger partial charge in [0, 0.05) is 29.3 Å². The number of carboxylic acids is 1. The van der Waals surface area contributed by atoms with Gasteiger partial charge in [0.25, 0.3) is 0 Å². The van der Waals surface area contributed by atoms with Crippen molar-refractivity contribution in [1.82, 2.24) is 20.9 Å². The lowest BCUT2D eigenvalue weighted by atomic mass is 10.0. The van der Waals surface area contributed by atoms with Gasteiger partial charge in [-0.2, -0.15) is 12.6 Å². The monoisotopic (exact) mass is 535 g/mol. The quantitative estimate of drug-likeness (QED) is 0.114. The number of nitrogens with one attached hydrogen (secondary N) is 4. The summed E-state index contributed by atoms with van der Waals surface area (Å²) in [6.07, 6.45) is 0.422. The van der Waals surface area contributed by atoms with Crippen molar-refractivity contribution in [3.05, 3.63) is 36.0 Å². The number of fused-ring (bicyclic) bond motifs is 1. The molecule has 0 spiro atoms. The van der Waals surface area contributed by atoms with Gasteiger partial charge >= 0.3 is 5.97 Å². The molecule has 0 aliphatic rings. The Kier molecular flexibility index (Phi) is 10.4. The Morgan fingerprint density at radius 1 is 0.865 bits per heavy atom. The van der Waals surface area contributed by atoms with E-state index in [1.165, 1.54) is 0 Å². The Hall–Kier alpha value is -4.11. The maximum Gasteiger partial charge on any atom is 0.326 e. The maximum absolute atomic E-state index is 12.9. The minimum atomic E-state index is -1.55. The van der Waals surface area contributed by atoms with Gasteiger partial charge in [0.1, 0.15) is 18.1 Å². The van der Waals surface area contributed by atoms with Crippen LogP contribution in [-0.4, -0.2) is 75.5 Å². The summed E-state index contributed by atoms with van der Waals surface area (Å²) in [6, 6.07) is 1.62. The average molecular weight is 536 g/mol. The zero-order chi connectivity index (χ0) is 27.7. The van der Waals surface area contributed by atoms with Crippen molar-refractivity contribution >= 4 is 59.0 Å². The minimum Gasteiger partial charge on any atom is -0.480 e. The highest BCUT2D eigenvalue weighted by molar-refractivity contribution is 7.80. The third-order valence-electron chi connectivity index (χ3n) is 5.33. The fraction of sp³-hybridized carbons (Fsp3) is 0.364. The fourth-order valence-electron chi connectivity index (χ4n) is 3.46. The highest BCUT2D eigenvalue weighted by Gasteiger charge is 2.31. The maximum atomic E-state index is 12.9. The minimum absolute atomic E-state index is 0.0879. The molecule has 1 heterocycles. The van der Waals surface area contributed by atoms with E-state index in [0.29, 0.717) is 5.56 Å². The number of H-pyrrole nitrogens is 1. The molecule has 0 fully saturated rings. The normalized spacial score (nSPS) is 14.1. The van der Waals surface area contributed by atoms with Crippen LogP contribution in [-0.2, 0) is 35.2 Å². The van der Waals surface area contributed by atoms with Crippen LogP contribution in [0.5, 0.6) is 0 Å². The molecule has 0 aliphatic heterocycles. The molecular formula is C22H29N7O7S. The number of nitrogens with two attached hydrogens (primary N) is 3. The van der Waals surface area contributed by atoms with E-state index in [0.717, 1.165) is 10.9 Å².